The number of hydrogen-bond acceptors (Lipinski definition) is 4. The Hall–Kier alpha value is -2.33. The number of ether oxygens (including phenoxy) is 2. The van der Waals surface area contributed by atoms with Crippen LogP contribution in [0.1, 0.15) is 30.3 Å². The van der Waals surface area contributed by atoms with Gasteiger partial charge < -0.3 is 25.1 Å². The van der Waals surface area contributed by atoms with Crippen LogP contribution in [0.4, 0.5) is 0 Å². The SMILES string of the molecule is CCNC(=NCc1ccc(C)cc1OCCOC)NCCCc1nc2ccccc2[nH]1.I. The number of hydrogen-bond donors (Lipinski definition) is 3. The monoisotopic (exact) mass is 551 g/mol. The Labute approximate surface area is 207 Å². The van der Waals surface area contributed by atoms with Gasteiger partial charge in [-0.25, -0.2) is 9.98 Å². The third-order valence-electron chi connectivity index (χ3n) is 4.84. The van der Waals surface area contributed by atoms with Crippen LogP contribution in [0.2, 0.25) is 0 Å². The molecule has 8 heteroatoms. The normalized spacial score (nSPS) is 11.3. The first-order valence-electron chi connectivity index (χ1n) is 10.9. The van der Waals surface area contributed by atoms with Crippen molar-refractivity contribution in [3.8, 4) is 5.75 Å². The van der Waals surface area contributed by atoms with Gasteiger partial charge in [-0.05, 0) is 44.0 Å². The van der Waals surface area contributed by atoms with E-state index in [1.807, 2.05) is 24.3 Å². The van der Waals surface area contributed by atoms with E-state index in [1.165, 1.54) is 0 Å². The van der Waals surface area contributed by atoms with Gasteiger partial charge in [0.2, 0.25) is 0 Å². The molecule has 7 nitrogen and oxygen atoms in total. The zero-order chi connectivity index (χ0) is 21.9. The van der Waals surface area contributed by atoms with Crippen molar-refractivity contribution in [2.75, 3.05) is 33.4 Å². The number of benzene rings is 2. The van der Waals surface area contributed by atoms with Gasteiger partial charge >= 0.3 is 0 Å². The Kier molecular flexibility index (Phi) is 11.3. The topological polar surface area (TPSA) is 83.6 Å². The number of nitrogens with zero attached hydrogens (tertiary/aromatic N) is 2. The number of imidazole rings is 1. The summed E-state index contributed by atoms with van der Waals surface area (Å²) in [6, 6.07) is 14.3. The van der Waals surface area contributed by atoms with Gasteiger partial charge in [0, 0.05) is 32.2 Å². The lowest BCUT2D eigenvalue weighted by Crippen LogP contribution is -2.37. The lowest BCUT2D eigenvalue weighted by molar-refractivity contribution is 0.145. The second kappa shape index (κ2) is 13.9. The van der Waals surface area contributed by atoms with Gasteiger partial charge in [-0.1, -0.05) is 24.3 Å². The number of aryl methyl sites for hydroxylation is 2. The van der Waals surface area contributed by atoms with Crippen LogP contribution < -0.4 is 15.4 Å². The summed E-state index contributed by atoms with van der Waals surface area (Å²) in [5.41, 5.74) is 4.32. The zero-order valence-electron chi connectivity index (χ0n) is 19.1. The molecule has 0 amide bonds. The number of nitrogens with one attached hydrogen (secondary N) is 3. The van der Waals surface area contributed by atoms with Crippen LogP contribution in [-0.4, -0.2) is 49.3 Å². The number of H-pyrrole nitrogens is 1. The molecule has 1 aromatic heterocycles. The summed E-state index contributed by atoms with van der Waals surface area (Å²) in [4.78, 5) is 12.8. The molecule has 2 aromatic carbocycles. The molecule has 0 unspecified atom stereocenters. The lowest BCUT2D eigenvalue weighted by atomic mass is 10.1. The van der Waals surface area contributed by atoms with Crippen LogP contribution >= 0.6 is 24.0 Å². The number of rotatable bonds is 11. The number of fused-ring (bicyclic) bond motifs is 1. The van der Waals surface area contributed by atoms with Crippen LogP contribution in [0.3, 0.4) is 0 Å². The van der Waals surface area contributed by atoms with Gasteiger partial charge in [-0.3, -0.25) is 0 Å². The third kappa shape index (κ3) is 7.98. The van der Waals surface area contributed by atoms with Crippen molar-refractivity contribution >= 4 is 41.0 Å². The van der Waals surface area contributed by atoms with Gasteiger partial charge in [0.1, 0.15) is 18.2 Å². The first-order valence-corrected chi connectivity index (χ1v) is 10.9. The minimum Gasteiger partial charge on any atom is -0.491 e. The van der Waals surface area contributed by atoms with Gasteiger partial charge in [-0.15, -0.1) is 24.0 Å². The molecule has 0 radical (unpaired) electrons. The minimum atomic E-state index is 0. The van der Waals surface area contributed by atoms with Crippen LogP contribution in [0.5, 0.6) is 5.75 Å². The molecule has 0 saturated carbocycles. The second-order valence-electron chi connectivity index (χ2n) is 7.38. The highest BCUT2D eigenvalue weighted by Gasteiger charge is 2.06. The highest BCUT2D eigenvalue weighted by Crippen LogP contribution is 2.21. The van der Waals surface area contributed by atoms with Crippen molar-refractivity contribution in [3.05, 3.63) is 59.4 Å². The van der Waals surface area contributed by atoms with E-state index in [1.54, 1.807) is 7.11 Å². The quantitative estimate of drug-likeness (QED) is 0.144. The van der Waals surface area contributed by atoms with Crippen LogP contribution in [-0.2, 0) is 17.7 Å². The molecule has 0 spiro atoms. The summed E-state index contributed by atoms with van der Waals surface area (Å²) in [7, 11) is 1.67. The van der Waals surface area contributed by atoms with Crippen LogP contribution in [0.25, 0.3) is 11.0 Å². The van der Waals surface area contributed by atoms with E-state index in [0.29, 0.717) is 19.8 Å². The minimum absolute atomic E-state index is 0. The Morgan fingerprint density at radius 2 is 1.97 bits per heavy atom. The first-order chi connectivity index (χ1) is 15.2. The molecule has 3 rings (SSSR count). The van der Waals surface area contributed by atoms with Crippen molar-refractivity contribution in [2.24, 2.45) is 4.99 Å². The van der Waals surface area contributed by atoms with E-state index in [2.05, 4.69) is 52.6 Å². The predicted molar refractivity (Wildman–Crippen MR) is 141 cm³/mol. The van der Waals surface area contributed by atoms with Crippen molar-refractivity contribution in [2.45, 2.75) is 33.2 Å². The fourth-order valence-corrected chi connectivity index (χ4v) is 3.25. The number of guanidine groups is 1. The average Bonchev–Trinajstić information content (AvgIpc) is 3.19. The molecule has 3 N–H and O–H groups in total. The number of aliphatic imine (C=N–C) groups is 1. The smallest absolute Gasteiger partial charge is 0.191 e. The van der Waals surface area contributed by atoms with Crippen LogP contribution in [0.15, 0.2) is 47.5 Å². The van der Waals surface area contributed by atoms with E-state index in [-0.39, 0.29) is 24.0 Å². The molecule has 1 heterocycles. The number of aromatic nitrogens is 2. The largest absolute Gasteiger partial charge is 0.491 e. The highest BCUT2D eigenvalue weighted by atomic mass is 127. The fourth-order valence-electron chi connectivity index (χ4n) is 3.25. The summed E-state index contributed by atoms with van der Waals surface area (Å²) < 4.78 is 11.0. The molecule has 174 valence electrons. The van der Waals surface area contributed by atoms with E-state index in [4.69, 9.17) is 14.5 Å². The van der Waals surface area contributed by atoms with Crippen molar-refractivity contribution in [3.63, 3.8) is 0 Å². The van der Waals surface area contributed by atoms with E-state index < -0.39 is 0 Å². The van der Waals surface area contributed by atoms with E-state index in [0.717, 1.165) is 65.6 Å². The molecule has 0 atom stereocenters. The molecule has 0 fully saturated rings. The molecule has 0 bridgehead atoms. The Morgan fingerprint density at radius 1 is 1.12 bits per heavy atom. The number of methoxy groups -OCH3 is 1. The Morgan fingerprint density at radius 3 is 2.75 bits per heavy atom. The standard InChI is InChI=1S/C24H33N5O2.HI/c1-4-25-24(26-13-7-10-23-28-20-8-5-6-9-21(20)29-23)27-17-19-12-11-18(2)16-22(19)31-15-14-30-3;/h5-6,8-9,11-12,16H,4,7,10,13-15,17H2,1-3H3,(H,28,29)(H2,25,26,27);1H. The molecular weight excluding hydrogens is 517 g/mol. The number of para-hydroxylation sites is 2. The van der Waals surface area contributed by atoms with Gasteiger partial charge in [0.05, 0.1) is 24.2 Å². The Bertz CT molecular complexity index is 956. The maximum atomic E-state index is 5.88. The third-order valence-corrected chi connectivity index (χ3v) is 4.84. The average molecular weight is 551 g/mol. The Balaban J connectivity index is 0.00000363. The van der Waals surface area contributed by atoms with Crippen molar-refractivity contribution in [1.29, 1.82) is 0 Å². The number of halogens is 1. The van der Waals surface area contributed by atoms with Gasteiger partial charge in [0.15, 0.2) is 5.96 Å². The molecule has 0 aliphatic carbocycles. The zero-order valence-corrected chi connectivity index (χ0v) is 21.4. The maximum absolute atomic E-state index is 5.88. The molecule has 0 saturated heterocycles. The second-order valence-corrected chi connectivity index (χ2v) is 7.38. The molecule has 0 aliphatic heterocycles. The number of aromatic amines is 1. The first kappa shape index (κ1) is 25.9. The lowest BCUT2D eigenvalue weighted by Gasteiger charge is -2.13. The molecule has 32 heavy (non-hydrogen) atoms. The molecule has 3 aromatic rings. The van der Waals surface area contributed by atoms with Crippen molar-refractivity contribution in [1.82, 2.24) is 20.6 Å². The summed E-state index contributed by atoms with van der Waals surface area (Å²) in [5.74, 6) is 2.68. The summed E-state index contributed by atoms with van der Waals surface area (Å²) in [6.07, 6.45) is 1.84. The predicted octanol–water partition coefficient (Wildman–Crippen LogP) is 4.20. The summed E-state index contributed by atoms with van der Waals surface area (Å²) in [5, 5.41) is 6.73. The van der Waals surface area contributed by atoms with Gasteiger partial charge in [0.25, 0.3) is 0 Å². The van der Waals surface area contributed by atoms with E-state index >= 15 is 0 Å². The van der Waals surface area contributed by atoms with Gasteiger partial charge in [-0.2, -0.15) is 0 Å². The van der Waals surface area contributed by atoms with E-state index in [9.17, 15) is 0 Å². The molecular formula is C24H34IN5O2. The fraction of sp³-hybridized carbons (Fsp3) is 0.417. The molecule has 0 aliphatic rings. The van der Waals surface area contributed by atoms with Crippen LogP contribution in [0, 0.1) is 6.92 Å². The maximum Gasteiger partial charge on any atom is 0.191 e. The summed E-state index contributed by atoms with van der Waals surface area (Å²) >= 11 is 0. The highest BCUT2D eigenvalue weighted by molar-refractivity contribution is 14.0. The van der Waals surface area contributed by atoms with Crippen molar-refractivity contribution < 1.29 is 9.47 Å². The summed E-state index contributed by atoms with van der Waals surface area (Å²) in [6.45, 7) is 7.37.